The van der Waals surface area contributed by atoms with Gasteiger partial charge in [0.2, 0.25) is 0 Å². The lowest BCUT2D eigenvalue weighted by Gasteiger charge is -2.34. The number of aliphatic hydroxyl groups excluding tert-OH is 4. The second kappa shape index (κ2) is 5.83. The zero-order valence-electron chi connectivity index (χ0n) is 8.35. The molecule has 0 fully saturated rings. The van der Waals surface area contributed by atoms with Gasteiger partial charge in [-0.2, -0.15) is 0 Å². The van der Waals surface area contributed by atoms with Gasteiger partial charge in [0.25, 0.3) is 0 Å². The van der Waals surface area contributed by atoms with E-state index in [-0.39, 0.29) is 6.29 Å². The van der Waals surface area contributed by atoms with Gasteiger partial charge in [0.1, 0.15) is 18.3 Å². The van der Waals surface area contributed by atoms with Crippen molar-refractivity contribution in [3.05, 3.63) is 12.7 Å². The summed E-state index contributed by atoms with van der Waals surface area (Å²) in [6.07, 6.45) is -5.93. The van der Waals surface area contributed by atoms with E-state index in [9.17, 15) is 19.8 Å². The summed E-state index contributed by atoms with van der Waals surface area (Å²) in [7, 11) is 0. The summed E-state index contributed by atoms with van der Waals surface area (Å²) >= 11 is 0. The molecule has 0 radical (unpaired) electrons. The smallest absolute Gasteiger partial charge is 0.192 e. The predicted molar refractivity (Wildman–Crippen MR) is 51.3 cm³/mol. The van der Waals surface area contributed by atoms with Crippen molar-refractivity contribution in [1.29, 1.82) is 0 Å². The number of hydrogen-bond donors (Lipinski definition) is 5. The summed E-state index contributed by atoms with van der Waals surface area (Å²) in [5.74, 6) is -1.24. The molecule has 7 heteroatoms. The quantitative estimate of drug-likeness (QED) is 0.230. The Morgan fingerprint density at radius 2 is 1.88 bits per heavy atom. The third-order valence-corrected chi connectivity index (χ3v) is 2.16. The van der Waals surface area contributed by atoms with Gasteiger partial charge < -0.3 is 30.3 Å². The van der Waals surface area contributed by atoms with Crippen LogP contribution >= 0.6 is 0 Å². The monoisotopic (exact) mass is 234 g/mol. The number of aliphatic hydroxyl groups is 5. The third-order valence-electron chi connectivity index (χ3n) is 2.16. The van der Waals surface area contributed by atoms with Gasteiger partial charge >= 0.3 is 0 Å². The lowest BCUT2D eigenvalue weighted by Crippen LogP contribution is -2.62. The minimum atomic E-state index is -2.92. The van der Waals surface area contributed by atoms with E-state index in [1.807, 2.05) is 0 Å². The van der Waals surface area contributed by atoms with Crippen LogP contribution in [-0.4, -0.2) is 68.1 Å². The topological polar surface area (TPSA) is 135 Å². The summed E-state index contributed by atoms with van der Waals surface area (Å²) < 4.78 is 0. The molecule has 0 rings (SSSR count). The van der Waals surface area contributed by atoms with Crippen LogP contribution in [0.15, 0.2) is 12.7 Å². The summed E-state index contributed by atoms with van der Waals surface area (Å²) in [4.78, 5) is 21.6. The summed E-state index contributed by atoms with van der Waals surface area (Å²) in [5, 5.41) is 45.9. The fourth-order valence-electron chi connectivity index (χ4n) is 1.13. The number of hydrogen-bond acceptors (Lipinski definition) is 7. The van der Waals surface area contributed by atoms with Crippen molar-refractivity contribution in [3.63, 3.8) is 0 Å². The minimum Gasteiger partial charge on any atom is -0.394 e. The largest absolute Gasteiger partial charge is 0.394 e. The molecule has 0 saturated heterocycles. The van der Waals surface area contributed by atoms with Crippen LogP contribution in [0.2, 0.25) is 0 Å². The van der Waals surface area contributed by atoms with Gasteiger partial charge in [-0.3, -0.25) is 4.79 Å². The summed E-state index contributed by atoms with van der Waals surface area (Å²) in [6.45, 7) is 2.06. The van der Waals surface area contributed by atoms with Crippen LogP contribution in [-0.2, 0) is 9.59 Å². The van der Waals surface area contributed by atoms with E-state index in [0.717, 1.165) is 0 Å². The fourth-order valence-corrected chi connectivity index (χ4v) is 1.13. The first-order valence-corrected chi connectivity index (χ1v) is 4.35. The van der Waals surface area contributed by atoms with Crippen molar-refractivity contribution in [2.75, 3.05) is 6.61 Å². The van der Waals surface area contributed by atoms with E-state index in [4.69, 9.17) is 15.3 Å². The van der Waals surface area contributed by atoms with Crippen molar-refractivity contribution in [3.8, 4) is 0 Å². The van der Waals surface area contributed by atoms with Crippen molar-refractivity contribution < 1.29 is 35.1 Å². The molecule has 5 N–H and O–H groups in total. The van der Waals surface area contributed by atoms with E-state index in [1.165, 1.54) is 0 Å². The number of carbonyl (C=O) groups is 2. The van der Waals surface area contributed by atoms with Crippen molar-refractivity contribution in [1.82, 2.24) is 0 Å². The van der Waals surface area contributed by atoms with Crippen LogP contribution in [0.5, 0.6) is 0 Å². The molecule has 0 aliphatic heterocycles. The van der Waals surface area contributed by atoms with Gasteiger partial charge in [-0.25, -0.2) is 0 Å². The van der Waals surface area contributed by atoms with Gasteiger partial charge in [-0.05, 0) is 6.08 Å². The van der Waals surface area contributed by atoms with Gasteiger partial charge in [0.05, 0.1) is 6.61 Å². The van der Waals surface area contributed by atoms with E-state index in [0.29, 0.717) is 6.08 Å². The van der Waals surface area contributed by atoms with Gasteiger partial charge in [0, 0.05) is 0 Å². The minimum absolute atomic E-state index is 0.172. The van der Waals surface area contributed by atoms with Crippen molar-refractivity contribution in [2.45, 2.75) is 23.9 Å². The van der Waals surface area contributed by atoms with E-state index in [1.54, 1.807) is 0 Å². The maximum absolute atomic E-state index is 11.3. The molecule has 92 valence electrons. The van der Waals surface area contributed by atoms with Gasteiger partial charge in [-0.1, -0.05) is 6.58 Å². The van der Waals surface area contributed by atoms with Gasteiger partial charge in [-0.15, -0.1) is 0 Å². The Balaban J connectivity index is 5.30. The predicted octanol–water partition coefficient (Wildman–Crippen LogP) is -3.25. The SMILES string of the molecule is C=CC(=O)[C@](O)([C@H](O)[C@H](O)CO)[C@@H](O)C=O. The van der Waals surface area contributed by atoms with Crippen LogP contribution in [0.1, 0.15) is 0 Å². The summed E-state index contributed by atoms with van der Waals surface area (Å²) in [6, 6.07) is 0. The lowest BCUT2D eigenvalue weighted by atomic mass is 9.83. The zero-order valence-corrected chi connectivity index (χ0v) is 8.35. The molecule has 0 aromatic carbocycles. The molecule has 0 aromatic rings. The molecule has 0 unspecified atom stereocenters. The number of carbonyl (C=O) groups excluding carboxylic acids is 2. The van der Waals surface area contributed by atoms with E-state index < -0.39 is 36.3 Å². The lowest BCUT2D eigenvalue weighted by molar-refractivity contribution is -0.185. The van der Waals surface area contributed by atoms with Crippen molar-refractivity contribution in [2.24, 2.45) is 0 Å². The van der Waals surface area contributed by atoms with Gasteiger partial charge in [0.15, 0.2) is 17.7 Å². The zero-order chi connectivity index (χ0) is 12.9. The van der Waals surface area contributed by atoms with E-state index in [2.05, 4.69) is 6.58 Å². The highest BCUT2D eigenvalue weighted by Crippen LogP contribution is 2.20. The Hall–Kier alpha value is -1.12. The van der Waals surface area contributed by atoms with E-state index >= 15 is 0 Å². The molecular weight excluding hydrogens is 220 g/mol. The highest BCUT2D eigenvalue weighted by molar-refractivity contribution is 5.99. The molecule has 4 atom stereocenters. The highest BCUT2D eigenvalue weighted by atomic mass is 16.4. The molecule has 0 bridgehead atoms. The molecule has 0 amide bonds. The number of aldehydes is 1. The molecule has 0 saturated carbocycles. The normalized spacial score (nSPS) is 20.3. The van der Waals surface area contributed by atoms with Crippen LogP contribution in [0.3, 0.4) is 0 Å². The van der Waals surface area contributed by atoms with Crippen LogP contribution in [0.4, 0.5) is 0 Å². The summed E-state index contributed by atoms with van der Waals surface area (Å²) in [5.41, 5.74) is -2.92. The second-order valence-corrected chi connectivity index (χ2v) is 3.17. The molecule has 0 aliphatic carbocycles. The number of rotatable bonds is 7. The fraction of sp³-hybridized carbons (Fsp3) is 0.556. The third kappa shape index (κ3) is 2.52. The Morgan fingerprint density at radius 3 is 2.19 bits per heavy atom. The number of ketones is 1. The average Bonchev–Trinajstić information content (AvgIpc) is 2.33. The molecular formula is C9H14O7. The standard InChI is InChI=1S/C9H14O7/c1-2-6(13)9(16,7(14)4-11)8(15)5(12)3-10/h2,4-5,7-8,10,12,14-16H,1,3H2/t5-,7+,8-,9-/m1/s1. The Bertz CT molecular complexity index is 277. The van der Waals surface area contributed by atoms with Crippen LogP contribution in [0, 0.1) is 0 Å². The molecule has 0 heterocycles. The Morgan fingerprint density at radius 1 is 1.38 bits per heavy atom. The molecule has 16 heavy (non-hydrogen) atoms. The first-order valence-electron chi connectivity index (χ1n) is 4.35. The Labute approximate surface area is 91.3 Å². The second-order valence-electron chi connectivity index (χ2n) is 3.17. The van der Waals surface area contributed by atoms with Crippen LogP contribution in [0.25, 0.3) is 0 Å². The van der Waals surface area contributed by atoms with Crippen molar-refractivity contribution >= 4 is 12.1 Å². The average molecular weight is 234 g/mol. The first kappa shape index (κ1) is 14.9. The maximum Gasteiger partial charge on any atom is 0.192 e. The molecule has 0 aromatic heterocycles. The maximum atomic E-state index is 11.3. The molecule has 0 aliphatic rings. The van der Waals surface area contributed by atoms with Crippen LogP contribution < -0.4 is 0 Å². The first-order chi connectivity index (χ1) is 7.35. The molecule has 7 nitrogen and oxygen atoms in total. The highest BCUT2D eigenvalue weighted by Gasteiger charge is 2.50. The Kier molecular flexibility index (Phi) is 5.42. The molecule has 0 spiro atoms.